The lowest BCUT2D eigenvalue weighted by molar-refractivity contribution is -0.112. The molecule has 0 amide bonds. The highest BCUT2D eigenvalue weighted by Crippen LogP contribution is 2.56. The van der Waals surface area contributed by atoms with Crippen LogP contribution in [0.2, 0.25) is 0 Å². The molecule has 5 aliphatic rings. The molecule has 3 unspecified atom stereocenters. The Labute approximate surface area is 310 Å². The van der Waals surface area contributed by atoms with Gasteiger partial charge in [-0.2, -0.15) is 9.97 Å². The SMILES string of the molecule is CCc1c(F)ccc2cccc(-c3nc(OC)c4c(N5CCCC(O)C5)nc(OCC56CCCC5N(C5CC7(CCOCC7)C5)CCC6)nc4c3F)c12. The molecule has 9 rings (SSSR count). The van der Waals surface area contributed by atoms with Gasteiger partial charge >= 0.3 is 6.01 Å². The van der Waals surface area contributed by atoms with Crippen LogP contribution in [0.4, 0.5) is 14.6 Å². The summed E-state index contributed by atoms with van der Waals surface area (Å²) in [5, 5.41) is 12.5. The van der Waals surface area contributed by atoms with Crippen molar-refractivity contribution in [2.45, 2.75) is 102 Å². The topological polar surface area (TPSA) is 93.1 Å². The first-order valence-corrected chi connectivity index (χ1v) is 19.9. The maximum Gasteiger partial charge on any atom is 0.319 e. The second-order valence-electron chi connectivity index (χ2n) is 16.4. The number of rotatable bonds is 8. The largest absolute Gasteiger partial charge is 0.480 e. The summed E-state index contributed by atoms with van der Waals surface area (Å²) in [6.07, 6.45) is 11.9. The summed E-state index contributed by atoms with van der Waals surface area (Å²) in [5.74, 6) is -0.363. The number of methoxy groups -OCH3 is 1. The molecule has 3 aliphatic heterocycles. The molecular formula is C42H51F2N5O4. The zero-order valence-electron chi connectivity index (χ0n) is 31.0. The third kappa shape index (κ3) is 6.01. The molecule has 2 saturated carbocycles. The monoisotopic (exact) mass is 727 g/mol. The Bertz CT molecular complexity index is 2020. The lowest BCUT2D eigenvalue weighted by atomic mass is 9.60. The fourth-order valence-electron chi connectivity index (χ4n) is 10.8. The molecule has 5 heterocycles. The van der Waals surface area contributed by atoms with Crippen molar-refractivity contribution in [3.63, 3.8) is 0 Å². The van der Waals surface area contributed by atoms with E-state index in [1.165, 1.54) is 38.9 Å². The number of fused-ring (bicyclic) bond motifs is 3. The molecule has 0 radical (unpaired) electrons. The third-order valence-corrected chi connectivity index (χ3v) is 13.5. The highest BCUT2D eigenvalue weighted by atomic mass is 19.1. The van der Waals surface area contributed by atoms with Crippen LogP contribution in [-0.2, 0) is 11.2 Å². The van der Waals surface area contributed by atoms with E-state index < -0.39 is 11.9 Å². The molecule has 282 valence electrons. The van der Waals surface area contributed by atoms with Crippen LogP contribution in [-0.4, -0.2) is 89.7 Å². The van der Waals surface area contributed by atoms with Crippen LogP contribution in [0.5, 0.6) is 11.9 Å². The van der Waals surface area contributed by atoms with E-state index in [9.17, 15) is 5.11 Å². The number of hydrogen-bond donors (Lipinski definition) is 1. The Balaban J connectivity index is 1.10. The molecular weight excluding hydrogens is 676 g/mol. The van der Waals surface area contributed by atoms with E-state index in [0.29, 0.717) is 77.8 Å². The van der Waals surface area contributed by atoms with Crippen molar-refractivity contribution < 1.29 is 28.1 Å². The first kappa shape index (κ1) is 35.1. The molecule has 1 spiro atoms. The number of β-amino-alcohol motifs (C(OH)–C–C–N with tert-alkyl or cyclic N) is 1. The number of likely N-dealkylation sites (tertiary alicyclic amines) is 1. The molecule has 9 nitrogen and oxygen atoms in total. The van der Waals surface area contributed by atoms with Crippen molar-refractivity contribution in [1.82, 2.24) is 19.9 Å². The molecule has 2 aliphatic carbocycles. The van der Waals surface area contributed by atoms with Gasteiger partial charge in [-0.3, -0.25) is 4.90 Å². The maximum atomic E-state index is 17.2. The van der Waals surface area contributed by atoms with Gasteiger partial charge in [0.15, 0.2) is 5.82 Å². The molecule has 3 atom stereocenters. The first-order valence-electron chi connectivity index (χ1n) is 19.9. The number of nitrogens with zero attached hydrogens (tertiary/aromatic N) is 5. The van der Waals surface area contributed by atoms with E-state index >= 15 is 8.78 Å². The van der Waals surface area contributed by atoms with Crippen LogP contribution in [0, 0.1) is 22.5 Å². The van der Waals surface area contributed by atoms with Crippen LogP contribution in [0.1, 0.15) is 83.1 Å². The number of aliphatic hydroxyl groups is 1. The van der Waals surface area contributed by atoms with Gasteiger partial charge in [-0.1, -0.05) is 37.6 Å². The summed E-state index contributed by atoms with van der Waals surface area (Å²) in [6, 6.07) is 9.87. The zero-order chi connectivity index (χ0) is 36.3. The van der Waals surface area contributed by atoms with Crippen molar-refractivity contribution in [3.05, 3.63) is 47.5 Å². The van der Waals surface area contributed by atoms with Gasteiger partial charge < -0.3 is 24.2 Å². The number of anilines is 1. The zero-order valence-corrected chi connectivity index (χ0v) is 31.0. The van der Waals surface area contributed by atoms with Crippen LogP contribution < -0.4 is 14.4 Å². The lowest BCUT2D eigenvalue weighted by Gasteiger charge is -2.58. The number of pyridine rings is 1. The number of halogens is 2. The standard InChI is InChI=1S/C42H51F2N5O4/c1-3-29-31(43)13-12-26-8-4-10-30(33(26)29)36-35(44)37-34(39(45-36)51-2)38(48-18-6-9-28(50)24-48)47-40(46-37)53-25-42-14-5-11-32(42)49(19-7-15-42)27-22-41(23-27)16-20-52-21-17-41/h4,8,10,12-13,27-28,32,50H,3,5-7,9,11,14-25H2,1-2H3. The van der Waals surface area contributed by atoms with Gasteiger partial charge in [-0.15, -0.1) is 0 Å². The van der Waals surface area contributed by atoms with Crippen LogP contribution in [0.25, 0.3) is 32.9 Å². The van der Waals surface area contributed by atoms with Crippen molar-refractivity contribution in [1.29, 1.82) is 0 Å². The second kappa shape index (κ2) is 13.9. The smallest absolute Gasteiger partial charge is 0.319 e. The third-order valence-electron chi connectivity index (χ3n) is 13.5. The minimum absolute atomic E-state index is 0.0142. The van der Waals surface area contributed by atoms with E-state index in [1.54, 1.807) is 12.1 Å². The van der Waals surface area contributed by atoms with E-state index in [1.807, 2.05) is 24.0 Å². The number of hydrogen-bond acceptors (Lipinski definition) is 9. The minimum Gasteiger partial charge on any atom is -0.480 e. The molecule has 1 N–H and O–H groups in total. The van der Waals surface area contributed by atoms with Gasteiger partial charge in [0.25, 0.3) is 0 Å². The minimum atomic E-state index is -0.640. The molecule has 0 bridgehead atoms. The number of aromatic nitrogens is 3. The normalized spacial score (nSPS) is 26.2. The molecule has 5 fully saturated rings. The molecule has 53 heavy (non-hydrogen) atoms. The maximum absolute atomic E-state index is 17.2. The fourth-order valence-corrected chi connectivity index (χ4v) is 10.8. The van der Waals surface area contributed by atoms with Gasteiger partial charge in [0.2, 0.25) is 5.88 Å². The van der Waals surface area contributed by atoms with Crippen molar-refractivity contribution in [3.8, 4) is 23.1 Å². The first-order chi connectivity index (χ1) is 25.8. The van der Waals surface area contributed by atoms with E-state index in [-0.39, 0.29) is 34.3 Å². The van der Waals surface area contributed by atoms with Crippen LogP contribution in [0.15, 0.2) is 30.3 Å². The quantitative estimate of drug-likeness (QED) is 0.197. The van der Waals surface area contributed by atoms with Gasteiger partial charge in [-0.25, -0.2) is 13.8 Å². The Morgan fingerprint density at radius 2 is 1.77 bits per heavy atom. The Morgan fingerprint density at radius 1 is 0.943 bits per heavy atom. The predicted octanol–water partition coefficient (Wildman–Crippen LogP) is 7.63. The number of aliphatic hydroxyl groups excluding tert-OH is 1. The molecule has 2 aromatic heterocycles. The molecule has 2 aromatic carbocycles. The highest BCUT2D eigenvalue weighted by molar-refractivity contribution is 6.02. The summed E-state index contributed by atoms with van der Waals surface area (Å²) in [6.45, 7) is 6.25. The summed E-state index contributed by atoms with van der Waals surface area (Å²) >= 11 is 0. The van der Waals surface area contributed by atoms with E-state index in [4.69, 9.17) is 29.2 Å². The second-order valence-corrected chi connectivity index (χ2v) is 16.4. The number of aryl methyl sites for hydroxylation is 1. The Kier molecular flexibility index (Phi) is 9.18. The predicted molar refractivity (Wildman–Crippen MR) is 201 cm³/mol. The van der Waals surface area contributed by atoms with Crippen molar-refractivity contribution in [2.24, 2.45) is 10.8 Å². The van der Waals surface area contributed by atoms with E-state index in [0.717, 1.165) is 63.7 Å². The average Bonchev–Trinajstić information content (AvgIpc) is 3.61. The summed E-state index contributed by atoms with van der Waals surface area (Å²) in [5.41, 5.74) is 1.51. The molecule has 11 heteroatoms. The van der Waals surface area contributed by atoms with Gasteiger partial charge in [0.1, 0.15) is 28.2 Å². The summed E-state index contributed by atoms with van der Waals surface area (Å²) in [4.78, 5) is 19.3. The highest BCUT2D eigenvalue weighted by Gasteiger charge is 2.55. The lowest BCUT2D eigenvalue weighted by Crippen LogP contribution is -2.61. The summed E-state index contributed by atoms with van der Waals surface area (Å²) in [7, 11) is 1.50. The van der Waals surface area contributed by atoms with Crippen LogP contribution in [0.3, 0.4) is 0 Å². The van der Waals surface area contributed by atoms with Crippen molar-refractivity contribution >= 4 is 27.5 Å². The number of benzene rings is 2. The van der Waals surface area contributed by atoms with E-state index in [2.05, 4.69) is 4.90 Å². The molecule has 4 aromatic rings. The average molecular weight is 728 g/mol. The Hall–Kier alpha value is -3.67. The van der Waals surface area contributed by atoms with Gasteiger partial charge in [-0.05, 0) is 105 Å². The van der Waals surface area contributed by atoms with Gasteiger partial charge in [0.05, 0.1) is 19.8 Å². The fraction of sp³-hybridized carbons (Fsp3) is 0.595. The number of piperidine rings is 2. The molecule has 3 saturated heterocycles. The summed E-state index contributed by atoms with van der Waals surface area (Å²) < 4.78 is 50.6. The van der Waals surface area contributed by atoms with Crippen molar-refractivity contribution in [2.75, 3.05) is 51.5 Å². The Morgan fingerprint density at radius 3 is 2.57 bits per heavy atom. The van der Waals surface area contributed by atoms with Gasteiger partial charge in [0, 0.05) is 49.4 Å². The number of ether oxygens (including phenoxy) is 3. The van der Waals surface area contributed by atoms with Crippen LogP contribution >= 0.6 is 0 Å².